The maximum Gasteiger partial charge on any atom is 0.315 e. The summed E-state index contributed by atoms with van der Waals surface area (Å²) in [6.45, 7) is 1.24. The van der Waals surface area contributed by atoms with E-state index in [2.05, 4.69) is 10.6 Å². The van der Waals surface area contributed by atoms with Crippen molar-refractivity contribution in [2.75, 3.05) is 5.75 Å². The number of aliphatic hydroxyl groups is 4. The molecule has 7 N–H and O–H groups in total. The number of hydrogen-bond acceptors (Lipinski definition) is 8. The third-order valence-electron chi connectivity index (χ3n) is 4.40. The van der Waals surface area contributed by atoms with Gasteiger partial charge in [-0.25, -0.2) is 4.79 Å². The van der Waals surface area contributed by atoms with Crippen LogP contribution in [0.1, 0.15) is 32.6 Å². The van der Waals surface area contributed by atoms with E-state index in [0.717, 1.165) is 25.0 Å². The first-order valence-electron chi connectivity index (χ1n) is 8.75. The molecule has 0 aliphatic carbocycles. The molecule has 2 rings (SSSR count). The molecule has 2 aliphatic rings. The van der Waals surface area contributed by atoms with Crippen LogP contribution in [-0.4, -0.2) is 91.3 Å². The van der Waals surface area contributed by atoms with Crippen LogP contribution < -0.4 is 10.6 Å². The van der Waals surface area contributed by atoms with Crippen LogP contribution in [-0.2, 0) is 9.59 Å². The number of carbonyl (C=O) groups excluding carboxylic acids is 2. The number of nitrogens with one attached hydrogen (secondary N) is 2. The molecule has 2 amide bonds. The van der Waals surface area contributed by atoms with Crippen LogP contribution in [0.2, 0.25) is 0 Å². The lowest BCUT2D eigenvalue weighted by atomic mass is 10.0. The molecule has 11 heteroatoms. The summed E-state index contributed by atoms with van der Waals surface area (Å²) in [4.78, 5) is 31.3. The van der Waals surface area contributed by atoms with Crippen molar-refractivity contribution in [3.05, 3.63) is 0 Å². The highest BCUT2D eigenvalue weighted by Gasteiger charge is 2.42. The number of aldehydes is 1. The number of unbranched alkanes of at least 4 members (excludes halogenated alkanes) is 1. The number of aliphatic carboxylic acids is 1. The Hall–Kier alpha value is -1.40. The minimum Gasteiger partial charge on any atom is -0.481 e. The number of urea groups is 1. The van der Waals surface area contributed by atoms with Gasteiger partial charge in [0.15, 0.2) is 6.29 Å². The van der Waals surface area contributed by atoms with Crippen molar-refractivity contribution < 1.29 is 39.9 Å². The maximum atomic E-state index is 11.1. The average Bonchev–Trinajstić information content (AvgIpc) is 3.16. The second kappa shape index (κ2) is 11.4. The van der Waals surface area contributed by atoms with Crippen LogP contribution in [0.15, 0.2) is 0 Å². The minimum atomic E-state index is -1.65. The van der Waals surface area contributed by atoms with E-state index in [1.807, 2.05) is 11.8 Å². The largest absolute Gasteiger partial charge is 0.481 e. The predicted molar refractivity (Wildman–Crippen MR) is 97.4 cm³/mol. The Kier molecular flexibility index (Phi) is 10.0. The van der Waals surface area contributed by atoms with Gasteiger partial charge in [0.1, 0.15) is 18.3 Å². The third-order valence-corrected chi connectivity index (χ3v) is 5.91. The topological polar surface area (TPSA) is 176 Å². The van der Waals surface area contributed by atoms with E-state index in [4.69, 9.17) is 25.5 Å². The van der Waals surface area contributed by atoms with E-state index in [1.54, 1.807) is 0 Å². The number of thioether (sulfide) groups is 1. The number of hydrogen-bond donors (Lipinski definition) is 7. The summed E-state index contributed by atoms with van der Waals surface area (Å²) in [6.07, 6.45) is -3.00. The first kappa shape index (κ1) is 23.6. The van der Waals surface area contributed by atoms with E-state index in [0.29, 0.717) is 5.25 Å². The molecule has 0 spiro atoms. The van der Waals surface area contributed by atoms with Gasteiger partial charge in [0, 0.05) is 17.4 Å². The zero-order valence-electron chi connectivity index (χ0n) is 15.0. The van der Waals surface area contributed by atoms with Crippen LogP contribution in [0.4, 0.5) is 4.79 Å². The standard InChI is InChI=1S/C10H16N2O3S.C6H12O5/c13-8(14)4-2-1-3-7-9-6(5-16-7)11-10(15)12-9;1-3(8)5(10)6(11)4(9)2-7/h6-7,9H,1-5H2,(H,13,14)(H2,11,12,15);2-6,8-11H,1H3/t6-,7-,9-;3-,4-,5-,6-/m00/s1. The number of amides is 2. The zero-order valence-corrected chi connectivity index (χ0v) is 15.8. The summed E-state index contributed by atoms with van der Waals surface area (Å²) in [5, 5.41) is 49.9. The second-order valence-electron chi connectivity index (χ2n) is 6.61. The van der Waals surface area contributed by atoms with Crippen molar-refractivity contribution in [3.8, 4) is 0 Å². The SMILES string of the molecule is C[C@H](O)[C@H](O)[C@@H](O)[C@@H](O)C=O.O=C(O)CCCC[C@@H]1SC[C@@H]2NC(=O)N[C@@H]21. The third kappa shape index (κ3) is 7.62. The van der Waals surface area contributed by atoms with Crippen LogP contribution >= 0.6 is 11.8 Å². The molecule has 0 unspecified atom stereocenters. The van der Waals surface area contributed by atoms with Crippen LogP contribution in [0.3, 0.4) is 0 Å². The molecule has 10 nitrogen and oxygen atoms in total. The van der Waals surface area contributed by atoms with Crippen LogP contribution in [0.25, 0.3) is 0 Å². The lowest BCUT2D eigenvalue weighted by Crippen LogP contribution is -2.43. The Bertz CT molecular complexity index is 507. The molecule has 156 valence electrons. The van der Waals surface area contributed by atoms with Crippen LogP contribution in [0.5, 0.6) is 0 Å². The summed E-state index contributed by atoms with van der Waals surface area (Å²) < 4.78 is 0. The monoisotopic (exact) mass is 408 g/mol. The molecule has 0 aromatic rings. The highest BCUT2D eigenvalue weighted by molar-refractivity contribution is 8.00. The predicted octanol–water partition coefficient (Wildman–Crippen LogP) is -1.55. The summed E-state index contributed by atoms with van der Waals surface area (Å²) in [6, 6.07) is 0.440. The molecule has 27 heavy (non-hydrogen) atoms. The number of rotatable bonds is 9. The Balaban J connectivity index is 0.000000293. The van der Waals surface area contributed by atoms with Gasteiger partial charge < -0.3 is 41.0 Å². The van der Waals surface area contributed by atoms with Gasteiger partial charge in [0.2, 0.25) is 0 Å². The van der Waals surface area contributed by atoms with Crippen molar-refractivity contribution in [1.82, 2.24) is 10.6 Å². The minimum absolute atomic E-state index is 0.0640. The van der Waals surface area contributed by atoms with Gasteiger partial charge >= 0.3 is 12.0 Å². The number of carboxylic acid groups (broad SMARTS) is 1. The van der Waals surface area contributed by atoms with Gasteiger partial charge in [-0.15, -0.1) is 0 Å². The summed E-state index contributed by atoms with van der Waals surface area (Å²) in [5.74, 6) is 0.236. The normalized spacial score (nSPS) is 27.9. The number of carbonyl (C=O) groups is 3. The molecule has 0 saturated carbocycles. The molecule has 0 aromatic carbocycles. The van der Waals surface area contributed by atoms with E-state index >= 15 is 0 Å². The van der Waals surface area contributed by atoms with Gasteiger partial charge in [0.25, 0.3) is 0 Å². The molecule has 2 aliphatic heterocycles. The van der Waals surface area contributed by atoms with Crippen molar-refractivity contribution in [1.29, 1.82) is 0 Å². The fourth-order valence-electron chi connectivity index (χ4n) is 2.83. The average molecular weight is 408 g/mol. The molecular formula is C16H28N2O8S. The van der Waals surface area contributed by atoms with E-state index in [-0.39, 0.29) is 30.8 Å². The Morgan fingerprint density at radius 1 is 1.22 bits per heavy atom. The van der Waals surface area contributed by atoms with E-state index < -0.39 is 30.4 Å². The number of aliphatic hydroxyl groups excluding tert-OH is 4. The first-order valence-corrected chi connectivity index (χ1v) is 9.80. The smallest absolute Gasteiger partial charge is 0.315 e. The molecule has 0 radical (unpaired) electrons. The Morgan fingerprint density at radius 2 is 1.89 bits per heavy atom. The van der Waals surface area contributed by atoms with Gasteiger partial charge in [-0.2, -0.15) is 11.8 Å². The fourth-order valence-corrected chi connectivity index (χ4v) is 4.38. The number of carboxylic acids is 1. The molecule has 2 fully saturated rings. The Morgan fingerprint density at radius 3 is 2.44 bits per heavy atom. The Labute approximate surface area is 161 Å². The van der Waals surface area contributed by atoms with Crippen molar-refractivity contribution in [3.63, 3.8) is 0 Å². The van der Waals surface area contributed by atoms with Gasteiger partial charge in [-0.05, 0) is 19.8 Å². The lowest BCUT2D eigenvalue weighted by Gasteiger charge is -2.21. The summed E-state index contributed by atoms with van der Waals surface area (Å²) in [7, 11) is 0. The molecule has 0 bridgehead atoms. The van der Waals surface area contributed by atoms with Crippen molar-refractivity contribution in [2.45, 2.75) is 74.4 Å². The second-order valence-corrected chi connectivity index (χ2v) is 7.88. The lowest BCUT2D eigenvalue weighted by molar-refractivity contribution is -0.137. The highest BCUT2D eigenvalue weighted by atomic mass is 32.2. The quantitative estimate of drug-likeness (QED) is 0.135. The molecule has 0 aromatic heterocycles. The van der Waals surface area contributed by atoms with E-state index in [9.17, 15) is 14.4 Å². The summed E-state index contributed by atoms with van der Waals surface area (Å²) >= 11 is 1.87. The molecule has 2 saturated heterocycles. The van der Waals surface area contributed by atoms with Gasteiger partial charge in [0.05, 0.1) is 18.2 Å². The molecule has 7 atom stereocenters. The maximum absolute atomic E-state index is 11.1. The highest BCUT2D eigenvalue weighted by Crippen LogP contribution is 2.33. The van der Waals surface area contributed by atoms with Gasteiger partial charge in [-0.3, -0.25) is 4.79 Å². The van der Waals surface area contributed by atoms with Crippen molar-refractivity contribution in [2.24, 2.45) is 0 Å². The zero-order chi connectivity index (χ0) is 20.6. The van der Waals surface area contributed by atoms with Gasteiger partial charge in [-0.1, -0.05) is 6.42 Å². The molecule has 2 heterocycles. The van der Waals surface area contributed by atoms with Crippen LogP contribution in [0, 0.1) is 0 Å². The van der Waals surface area contributed by atoms with Crippen molar-refractivity contribution >= 4 is 30.0 Å². The number of fused-ring (bicyclic) bond motifs is 1. The van der Waals surface area contributed by atoms with E-state index in [1.165, 1.54) is 6.92 Å². The fraction of sp³-hybridized carbons (Fsp3) is 0.812. The molecular weight excluding hydrogens is 380 g/mol. The summed E-state index contributed by atoms with van der Waals surface area (Å²) in [5.41, 5.74) is 0. The first-order chi connectivity index (χ1) is 12.7.